The second-order valence-electron chi connectivity index (χ2n) is 5.49. The van der Waals surface area contributed by atoms with E-state index in [-0.39, 0.29) is 30.1 Å². The normalized spacial score (nSPS) is 15.5. The van der Waals surface area contributed by atoms with Gasteiger partial charge >= 0.3 is 0 Å². The minimum atomic E-state index is -0.210. The predicted octanol–water partition coefficient (Wildman–Crippen LogP) is 1.76. The topological polar surface area (TPSA) is 75.4 Å². The van der Waals surface area contributed by atoms with E-state index in [1.807, 2.05) is 40.9 Å². The Morgan fingerprint density at radius 2 is 1.87 bits per heavy atom. The summed E-state index contributed by atoms with van der Waals surface area (Å²) >= 11 is 1.89. The summed E-state index contributed by atoms with van der Waals surface area (Å²) in [6, 6.07) is 7.43. The van der Waals surface area contributed by atoms with Crippen molar-refractivity contribution in [3.05, 3.63) is 29.8 Å². The monoisotopic (exact) mass is 357 g/mol. The molecular weight excluding hydrogens is 334 g/mol. The lowest BCUT2D eigenvalue weighted by Crippen LogP contribution is -2.38. The lowest BCUT2D eigenvalue weighted by Gasteiger charge is -2.26. The quantitative estimate of drug-likeness (QED) is 0.842. The summed E-state index contributed by atoms with van der Waals surface area (Å²) < 4.78 is 0. The van der Waals surface area contributed by atoms with Crippen LogP contribution in [0.25, 0.3) is 0 Å². The molecule has 1 aromatic rings. The zero-order valence-electron chi connectivity index (χ0n) is 13.3. The highest BCUT2D eigenvalue weighted by Crippen LogP contribution is 2.14. The Morgan fingerprint density at radius 3 is 2.43 bits per heavy atom. The average Bonchev–Trinajstić information content (AvgIpc) is 2.56. The molecule has 2 rings (SSSR count). The smallest absolute Gasteiger partial charge is 0.228 e. The highest BCUT2D eigenvalue weighted by atomic mass is 35.5. The first-order valence-electron chi connectivity index (χ1n) is 7.55. The first-order chi connectivity index (χ1) is 10.6. The molecule has 0 radical (unpaired) electrons. The SMILES string of the molecule is CC(CN)C(=O)Nc1ccc(CC(=O)N2CCSCC2)cc1.Cl. The van der Waals surface area contributed by atoms with Crippen molar-refractivity contribution in [3.63, 3.8) is 0 Å². The molecule has 1 heterocycles. The minimum Gasteiger partial charge on any atom is -0.341 e. The van der Waals surface area contributed by atoms with Gasteiger partial charge in [-0.2, -0.15) is 11.8 Å². The molecule has 1 unspecified atom stereocenters. The summed E-state index contributed by atoms with van der Waals surface area (Å²) in [5.74, 6) is 1.93. The van der Waals surface area contributed by atoms with E-state index in [0.717, 1.165) is 35.8 Å². The molecule has 23 heavy (non-hydrogen) atoms. The Hall–Kier alpha value is -1.24. The number of hydrogen-bond acceptors (Lipinski definition) is 4. The number of hydrogen-bond donors (Lipinski definition) is 2. The van der Waals surface area contributed by atoms with Crippen LogP contribution in [0.2, 0.25) is 0 Å². The molecule has 0 aromatic heterocycles. The van der Waals surface area contributed by atoms with Gasteiger partial charge in [0.05, 0.1) is 6.42 Å². The molecule has 1 fully saturated rings. The fourth-order valence-corrected chi connectivity index (χ4v) is 3.08. The van der Waals surface area contributed by atoms with Gasteiger partial charge in [-0.25, -0.2) is 0 Å². The van der Waals surface area contributed by atoms with Crippen LogP contribution in [0.3, 0.4) is 0 Å². The fraction of sp³-hybridized carbons (Fsp3) is 0.500. The zero-order chi connectivity index (χ0) is 15.9. The molecule has 128 valence electrons. The molecule has 0 saturated carbocycles. The molecule has 0 spiro atoms. The molecule has 3 N–H and O–H groups in total. The number of nitrogens with zero attached hydrogens (tertiary/aromatic N) is 1. The predicted molar refractivity (Wildman–Crippen MR) is 98.1 cm³/mol. The van der Waals surface area contributed by atoms with Crippen LogP contribution in [0.1, 0.15) is 12.5 Å². The number of carbonyl (C=O) groups is 2. The van der Waals surface area contributed by atoms with E-state index < -0.39 is 0 Å². The summed E-state index contributed by atoms with van der Waals surface area (Å²) in [4.78, 5) is 25.9. The summed E-state index contributed by atoms with van der Waals surface area (Å²) in [6.07, 6.45) is 0.415. The Kier molecular flexibility index (Phi) is 8.44. The van der Waals surface area contributed by atoms with Crippen LogP contribution in [0.5, 0.6) is 0 Å². The number of rotatable bonds is 5. The average molecular weight is 358 g/mol. The molecule has 0 aliphatic carbocycles. The highest BCUT2D eigenvalue weighted by Gasteiger charge is 2.17. The van der Waals surface area contributed by atoms with Crippen LogP contribution < -0.4 is 11.1 Å². The lowest BCUT2D eigenvalue weighted by molar-refractivity contribution is -0.130. The van der Waals surface area contributed by atoms with Crippen LogP contribution >= 0.6 is 24.2 Å². The Morgan fingerprint density at radius 1 is 1.26 bits per heavy atom. The van der Waals surface area contributed by atoms with Crippen LogP contribution in [0.4, 0.5) is 5.69 Å². The van der Waals surface area contributed by atoms with Gasteiger partial charge < -0.3 is 16.0 Å². The van der Waals surface area contributed by atoms with Crippen molar-refractivity contribution in [1.29, 1.82) is 0 Å². The van der Waals surface area contributed by atoms with Crippen molar-refractivity contribution < 1.29 is 9.59 Å². The van der Waals surface area contributed by atoms with Gasteiger partial charge in [0, 0.05) is 42.7 Å². The number of halogens is 1. The van der Waals surface area contributed by atoms with Crippen molar-refractivity contribution in [1.82, 2.24) is 4.90 Å². The molecular formula is C16H24ClN3O2S. The minimum absolute atomic E-state index is 0. The third-order valence-corrected chi connectivity index (χ3v) is 4.68. The van der Waals surface area contributed by atoms with Gasteiger partial charge in [0.2, 0.25) is 11.8 Å². The van der Waals surface area contributed by atoms with Crippen LogP contribution in [0, 0.1) is 5.92 Å². The second kappa shape index (κ2) is 9.80. The molecule has 0 bridgehead atoms. The van der Waals surface area contributed by atoms with E-state index in [2.05, 4.69) is 5.32 Å². The molecule has 5 nitrogen and oxygen atoms in total. The molecule has 7 heteroatoms. The second-order valence-corrected chi connectivity index (χ2v) is 6.72. The van der Waals surface area contributed by atoms with E-state index in [0.29, 0.717) is 13.0 Å². The van der Waals surface area contributed by atoms with Crippen molar-refractivity contribution in [3.8, 4) is 0 Å². The van der Waals surface area contributed by atoms with Gasteiger partial charge in [0.25, 0.3) is 0 Å². The van der Waals surface area contributed by atoms with Crippen molar-refractivity contribution >= 4 is 41.7 Å². The molecule has 1 aliphatic heterocycles. The molecule has 1 atom stereocenters. The zero-order valence-corrected chi connectivity index (χ0v) is 14.9. The number of benzene rings is 1. The van der Waals surface area contributed by atoms with E-state index in [1.165, 1.54) is 0 Å². The van der Waals surface area contributed by atoms with Crippen LogP contribution in [-0.2, 0) is 16.0 Å². The van der Waals surface area contributed by atoms with Crippen molar-refractivity contribution in [2.45, 2.75) is 13.3 Å². The lowest BCUT2D eigenvalue weighted by atomic mass is 10.1. The van der Waals surface area contributed by atoms with Gasteiger partial charge in [0.1, 0.15) is 0 Å². The maximum Gasteiger partial charge on any atom is 0.228 e. The molecule has 1 saturated heterocycles. The maximum absolute atomic E-state index is 12.2. The number of anilines is 1. The largest absolute Gasteiger partial charge is 0.341 e. The maximum atomic E-state index is 12.2. The summed E-state index contributed by atoms with van der Waals surface area (Å²) in [5.41, 5.74) is 7.17. The van der Waals surface area contributed by atoms with Gasteiger partial charge in [-0.3, -0.25) is 9.59 Å². The van der Waals surface area contributed by atoms with Crippen molar-refractivity contribution in [2.75, 3.05) is 36.5 Å². The number of nitrogens with one attached hydrogen (secondary N) is 1. The number of carbonyl (C=O) groups excluding carboxylic acids is 2. The molecule has 1 aliphatic rings. The number of amides is 2. The number of thioether (sulfide) groups is 1. The van der Waals surface area contributed by atoms with Crippen LogP contribution in [-0.4, -0.2) is 47.9 Å². The van der Waals surface area contributed by atoms with Gasteiger partial charge in [-0.15, -0.1) is 12.4 Å². The summed E-state index contributed by atoms with van der Waals surface area (Å²) in [6.45, 7) is 3.80. The Balaban J connectivity index is 0.00000264. The summed E-state index contributed by atoms with van der Waals surface area (Å²) in [7, 11) is 0. The first kappa shape index (κ1) is 19.8. The molecule has 1 aromatic carbocycles. The van der Waals surface area contributed by atoms with Gasteiger partial charge in [0.15, 0.2) is 0 Å². The van der Waals surface area contributed by atoms with E-state index >= 15 is 0 Å². The molecule has 2 amide bonds. The third-order valence-electron chi connectivity index (χ3n) is 3.74. The van der Waals surface area contributed by atoms with E-state index in [4.69, 9.17) is 5.73 Å². The standard InChI is InChI=1S/C16H23N3O2S.ClH/c1-12(11-17)16(21)18-14-4-2-13(3-5-14)10-15(20)19-6-8-22-9-7-19;/h2-5,12H,6-11,17H2,1H3,(H,18,21);1H. The van der Waals surface area contributed by atoms with Crippen molar-refractivity contribution in [2.24, 2.45) is 11.7 Å². The fourth-order valence-electron chi connectivity index (χ4n) is 2.18. The van der Waals surface area contributed by atoms with Crippen LogP contribution in [0.15, 0.2) is 24.3 Å². The Labute approximate surface area is 147 Å². The van der Waals surface area contributed by atoms with Gasteiger partial charge in [-0.05, 0) is 17.7 Å². The van der Waals surface area contributed by atoms with E-state index in [9.17, 15) is 9.59 Å². The highest BCUT2D eigenvalue weighted by molar-refractivity contribution is 7.99. The summed E-state index contributed by atoms with van der Waals surface area (Å²) in [5, 5.41) is 2.82. The Bertz CT molecular complexity index is 519. The number of nitrogens with two attached hydrogens (primary N) is 1. The van der Waals surface area contributed by atoms with E-state index in [1.54, 1.807) is 6.92 Å². The first-order valence-corrected chi connectivity index (χ1v) is 8.71. The third kappa shape index (κ3) is 6.05. The van der Waals surface area contributed by atoms with Gasteiger partial charge in [-0.1, -0.05) is 19.1 Å².